The lowest BCUT2D eigenvalue weighted by atomic mass is 10.0. The van der Waals surface area contributed by atoms with Crippen LogP contribution in [0.2, 0.25) is 0 Å². The Kier molecular flexibility index (Phi) is 7.55. The van der Waals surface area contributed by atoms with Crippen molar-refractivity contribution in [1.29, 1.82) is 0 Å². The third kappa shape index (κ3) is 5.75. The molecule has 0 saturated carbocycles. The van der Waals surface area contributed by atoms with Crippen molar-refractivity contribution in [2.45, 2.75) is 25.8 Å². The molecule has 2 aliphatic rings. The fourth-order valence-corrected chi connectivity index (χ4v) is 4.55. The molecule has 2 heterocycles. The second kappa shape index (κ2) is 10.7. The molecule has 2 aliphatic heterocycles. The molecule has 2 saturated heterocycles. The number of aryl methyl sites for hydroxylation is 1. The lowest BCUT2D eigenvalue weighted by Gasteiger charge is -2.35. The van der Waals surface area contributed by atoms with Crippen LogP contribution < -0.4 is 5.32 Å². The number of likely N-dealkylation sites (tertiary alicyclic amines) is 1. The molecule has 0 bridgehead atoms. The van der Waals surface area contributed by atoms with Crippen LogP contribution in [-0.4, -0.2) is 67.6 Å². The molecule has 1 N–H and O–H groups in total. The Labute approximate surface area is 190 Å². The quantitative estimate of drug-likeness (QED) is 0.692. The van der Waals surface area contributed by atoms with Gasteiger partial charge in [0, 0.05) is 39.1 Å². The van der Waals surface area contributed by atoms with Crippen LogP contribution in [0, 0.1) is 12.8 Å². The standard InChI is InChI=1S/C26H33N3O3/c1-20-7-9-22(10-8-20)24(28-13-15-32-16-14-28)18-27-26(31)23-17-25(30)29(19-23)12-11-21-5-3-2-4-6-21/h2-10,23-24H,11-19H2,1H3,(H,27,31). The van der Waals surface area contributed by atoms with Crippen LogP contribution in [0.3, 0.4) is 0 Å². The molecule has 4 rings (SSSR count). The maximum atomic E-state index is 13.0. The second-order valence-corrected chi connectivity index (χ2v) is 8.80. The van der Waals surface area contributed by atoms with Crippen LogP contribution in [0.15, 0.2) is 54.6 Å². The summed E-state index contributed by atoms with van der Waals surface area (Å²) in [6.07, 6.45) is 1.11. The third-order valence-corrected chi connectivity index (χ3v) is 6.52. The molecule has 2 amide bonds. The molecule has 32 heavy (non-hydrogen) atoms. The molecule has 2 fully saturated rings. The number of benzene rings is 2. The highest BCUT2D eigenvalue weighted by Gasteiger charge is 2.34. The SMILES string of the molecule is Cc1ccc(C(CNC(=O)C2CC(=O)N(CCc3ccccc3)C2)N2CCOCC2)cc1. The predicted octanol–water partition coefficient (Wildman–Crippen LogP) is 2.58. The maximum absolute atomic E-state index is 13.0. The number of hydrogen-bond donors (Lipinski definition) is 1. The van der Waals surface area contributed by atoms with Gasteiger partial charge in [-0.05, 0) is 24.5 Å². The summed E-state index contributed by atoms with van der Waals surface area (Å²) in [5, 5.41) is 3.15. The zero-order valence-corrected chi connectivity index (χ0v) is 18.8. The number of carbonyl (C=O) groups excluding carboxylic acids is 2. The molecule has 6 nitrogen and oxygen atoms in total. The van der Waals surface area contributed by atoms with Gasteiger partial charge >= 0.3 is 0 Å². The van der Waals surface area contributed by atoms with Crippen molar-refractivity contribution in [3.8, 4) is 0 Å². The van der Waals surface area contributed by atoms with Crippen LogP contribution in [0.1, 0.15) is 29.2 Å². The van der Waals surface area contributed by atoms with Crippen LogP contribution in [0.5, 0.6) is 0 Å². The summed E-state index contributed by atoms with van der Waals surface area (Å²) in [5.74, 6) is -0.225. The van der Waals surface area contributed by atoms with Gasteiger partial charge in [0.1, 0.15) is 0 Å². The van der Waals surface area contributed by atoms with E-state index >= 15 is 0 Å². The van der Waals surface area contributed by atoms with E-state index in [1.807, 2.05) is 23.1 Å². The average molecular weight is 436 g/mol. The smallest absolute Gasteiger partial charge is 0.225 e. The minimum Gasteiger partial charge on any atom is -0.379 e. The van der Waals surface area contributed by atoms with Crippen molar-refractivity contribution in [2.75, 3.05) is 45.9 Å². The van der Waals surface area contributed by atoms with E-state index in [0.29, 0.717) is 39.3 Å². The van der Waals surface area contributed by atoms with E-state index in [1.54, 1.807) is 0 Å². The number of nitrogens with one attached hydrogen (secondary N) is 1. The van der Waals surface area contributed by atoms with Gasteiger partial charge in [0.2, 0.25) is 11.8 Å². The Bertz CT molecular complexity index is 894. The highest BCUT2D eigenvalue weighted by Crippen LogP contribution is 2.23. The zero-order chi connectivity index (χ0) is 22.3. The minimum absolute atomic E-state index is 0.0223. The molecule has 2 aromatic carbocycles. The number of nitrogens with zero attached hydrogens (tertiary/aromatic N) is 2. The topological polar surface area (TPSA) is 61.9 Å². The number of carbonyl (C=O) groups is 2. The monoisotopic (exact) mass is 435 g/mol. The summed E-state index contributed by atoms with van der Waals surface area (Å²) in [4.78, 5) is 29.6. The highest BCUT2D eigenvalue weighted by atomic mass is 16.5. The molecule has 170 valence electrons. The largest absolute Gasteiger partial charge is 0.379 e. The van der Waals surface area contributed by atoms with Crippen molar-refractivity contribution in [3.63, 3.8) is 0 Å². The predicted molar refractivity (Wildman–Crippen MR) is 124 cm³/mol. The molecular formula is C26H33N3O3. The van der Waals surface area contributed by atoms with E-state index < -0.39 is 0 Å². The van der Waals surface area contributed by atoms with Gasteiger partial charge in [-0.25, -0.2) is 0 Å². The fourth-order valence-electron chi connectivity index (χ4n) is 4.55. The van der Waals surface area contributed by atoms with Gasteiger partial charge in [0.05, 0.1) is 25.2 Å². The van der Waals surface area contributed by atoms with Crippen LogP contribution >= 0.6 is 0 Å². The molecule has 2 unspecified atom stereocenters. The lowest BCUT2D eigenvalue weighted by Crippen LogP contribution is -2.45. The fraction of sp³-hybridized carbons (Fsp3) is 0.462. The number of morpholine rings is 1. The molecule has 6 heteroatoms. The van der Waals surface area contributed by atoms with Gasteiger partial charge < -0.3 is 15.0 Å². The first-order valence-electron chi connectivity index (χ1n) is 11.6. The van der Waals surface area contributed by atoms with E-state index in [2.05, 4.69) is 53.5 Å². The average Bonchev–Trinajstić information content (AvgIpc) is 3.21. The van der Waals surface area contributed by atoms with Gasteiger partial charge in [0.15, 0.2) is 0 Å². The van der Waals surface area contributed by atoms with Gasteiger partial charge in [-0.1, -0.05) is 60.2 Å². The van der Waals surface area contributed by atoms with E-state index in [4.69, 9.17) is 4.74 Å². The van der Waals surface area contributed by atoms with Crippen molar-refractivity contribution >= 4 is 11.8 Å². The summed E-state index contributed by atoms with van der Waals surface area (Å²) in [7, 11) is 0. The number of hydrogen-bond acceptors (Lipinski definition) is 4. The lowest BCUT2D eigenvalue weighted by molar-refractivity contribution is -0.129. The van der Waals surface area contributed by atoms with E-state index in [1.165, 1.54) is 16.7 Å². The van der Waals surface area contributed by atoms with Crippen molar-refractivity contribution < 1.29 is 14.3 Å². The van der Waals surface area contributed by atoms with E-state index in [0.717, 1.165) is 19.5 Å². The number of ether oxygens (including phenoxy) is 1. The van der Waals surface area contributed by atoms with E-state index in [-0.39, 0.29) is 23.8 Å². The van der Waals surface area contributed by atoms with E-state index in [9.17, 15) is 9.59 Å². The first-order chi connectivity index (χ1) is 15.6. The minimum atomic E-state index is -0.276. The van der Waals surface area contributed by atoms with Crippen LogP contribution in [0.25, 0.3) is 0 Å². The Morgan fingerprint density at radius 3 is 2.53 bits per heavy atom. The van der Waals surface area contributed by atoms with Gasteiger partial charge in [-0.2, -0.15) is 0 Å². The molecule has 0 aromatic heterocycles. The van der Waals surface area contributed by atoms with Crippen LogP contribution in [-0.2, 0) is 20.7 Å². The molecule has 0 radical (unpaired) electrons. The van der Waals surface area contributed by atoms with Gasteiger partial charge in [0.25, 0.3) is 0 Å². The third-order valence-electron chi connectivity index (χ3n) is 6.52. The molecule has 0 aliphatic carbocycles. The summed E-state index contributed by atoms with van der Waals surface area (Å²) in [6.45, 7) is 6.91. The second-order valence-electron chi connectivity index (χ2n) is 8.80. The van der Waals surface area contributed by atoms with Crippen LogP contribution in [0.4, 0.5) is 0 Å². The highest BCUT2D eigenvalue weighted by molar-refractivity contribution is 5.89. The Morgan fingerprint density at radius 1 is 1.09 bits per heavy atom. The van der Waals surface area contributed by atoms with Crippen molar-refractivity contribution in [2.24, 2.45) is 5.92 Å². The summed E-state index contributed by atoms with van der Waals surface area (Å²) in [5.41, 5.74) is 3.63. The first-order valence-corrected chi connectivity index (χ1v) is 11.6. The molecule has 2 aromatic rings. The summed E-state index contributed by atoms with van der Waals surface area (Å²) >= 11 is 0. The Morgan fingerprint density at radius 2 is 1.81 bits per heavy atom. The molecule has 0 spiro atoms. The van der Waals surface area contributed by atoms with Gasteiger partial charge in [-0.3, -0.25) is 14.5 Å². The summed E-state index contributed by atoms with van der Waals surface area (Å²) in [6, 6.07) is 18.8. The number of amides is 2. The molecule has 2 atom stereocenters. The Hall–Kier alpha value is -2.70. The summed E-state index contributed by atoms with van der Waals surface area (Å²) < 4.78 is 5.52. The van der Waals surface area contributed by atoms with Gasteiger partial charge in [-0.15, -0.1) is 0 Å². The molecular weight excluding hydrogens is 402 g/mol. The Balaban J connectivity index is 1.33. The van der Waals surface area contributed by atoms with Crippen molar-refractivity contribution in [1.82, 2.24) is 15.1 Å². The number of rotatable bonds is 8. The van der Waals surface area contributed by atoms with Crippen molar-refractivity contribution in [3.05, 3.63) is 71.3 Å². The zero-order valence-electron chi connectivity index (χ0n) is 18.8. The normalized spacial score (nSPS) is 20.3. The maximum Gasteiger partial charge on any atom is 0.225 e. The first kappa shape index (κ1) is 22.5.